The minimum absolute atomic E-state index is 1.21. The van der Waals surface area contributed by atoms with Crippen molar-refractivity contribution in [1.82, 2.24) is 0 Å². The fraction of sp³-hybridized carbons (Fsp3) is 0. The SMILES string of the molecule is [SiH3][Si](c1ccccc1)(c1ccccc1)[Si]([SiH3])(c1ccccc1)c1ccccc1. The molecular weight excluding hydrogens is 401 g/mol. The van der Waals surface area contributed by atoms with E-state index in [0.717, 1.165) is 0 Å². The average Bonchev–Trinajstić information content (AvgIpc) is 2.80. The maximum absolute atomic E-state index is 2.41. The van der Waals surface area contributed by atoms with Gasteiger partial charge in [0.25, 0.3) is 0 Å². The second kappa shape index (κ2) is 8.01. The Bertz CT molecular complexity index is 853. The largest absolute Gasteiger partial charge is 0.100 e. The maximum Gasteiger partial charge on any atom is 0.100 e. The first kappa shape index (κ1) is 19.1. The summed E-state index contributed by atoms with van der Waals surface area (Å²) >= 11 is 0. The van der Waals surface area contributed by atoms with Crippen molar-refractivity contribution in [2.45, 2.75) is 0 Å². The lowest BCUT2D eigenvalue weighted by atomic mass is 10.4. The molecule has 0 radical (unpaired) electrons. The molecule has 4 heteroatoms. The molecule has 0 aromatic heterocycles. The van der Waals surface area contributed by atoms with Gasteiger partial charge < -0.3 is 0 Å². The van der Waals surface area contributed by atoms with Gasteiger partial charge in [0.1, 0.15) is 14.2 Å². The predicted molar refractivity (Wildman–Crippen MR) is 136 cm³/mol. The summed E-state index contributed by atoms with van der Waals surface area (Å²) < 4.78 is 0. The van der Waals surface area contributed by atoms with E-state index in [1.807, 2.05) is 0 Å². The van der Waals surface area contributed by atoms with Gasteiger partial charge in [-0.2, -0.15) is 0 Å². The van der Waals surface area contributed by atoms with E-state index in [0.29, 0.717) is 0 Å². The van der Waals surface area contributed by atoms with Crippen molar-refractivity contribution in [3.63, 3.8) is 0 Å². The first-order chi connectivity index (χ1) is 13.7. The zero-order valence-electron chi connectivity index (χ0n) is 16.5. The van der Waals surface area contributed by atoms with Gasteiger partial charge in [-0.15, -0.1) is 0 Å². The topological polar surface area (TPSA) is 0 Å². The lowest BCUT2D eigenvalue weighted by Crippen LogP contribution is -2.87. The van der Waals surface area contributed by atoms with Crippen LogP contribution in [0.3, 0.4) is 0 Å². The molecule has 0 aliphatic rings. The van der Waals surface area contributed by atoms with Crippen molar-refractivity contribution in [2.75, 3.05) is 0 Å². The molecule has 0 bridgehead atoms. The molecule has 0 nitrogen and oxygen atoms in total. The highest BCUT2D eigenvalue weighted by Crippen LogP contribution is 2.16. The Hall–Kier alpha value is -2.25. The molecule has 28 heavy (non-hydrogen) atoms. The van der Waals surface area contributed by atoms with Crippen molar-refractivity contribution >= 4 is 54.5 Å². The Morgan fingerprint density at radius 3 is 0.679 bits per heavy atom. The lowest BCUT2D eigenvalue weighted by Gasteiger charge is -2.45. The van der Waals surface area contributed by atoms with Gasteiger partial charge in [-0.05, 0) is 0 Å². The van der Waals surface area contributed by atoms with E-state index in [1.54, 1.807) is 20.7 Å². The van der Waals surface area contributed by atoms with Crippen LogP contribution in [0.1, 0.15) is 0 Å². The molecule has 0 aliphatic heterocycles. The fourth-order valence-corrected chi connectivity index (χ4v) is 34.3. The van der Waals surface area contributed by atoms with E-state index < -0.39 is 14.2 Å². The van der Waals surface area contributed by atoms with Crippen LogP contribution >= 0.6 is 0 Å². The Kier molecular flexibility index (Phi) is 5.46. The van der Waals surface area contributed by atoms with Crippen LogP contribution in [-0.4, -0.2) is 33.7 Å². The van der Waals surface area contributed by atoms with Crippen LogP contribution in [0.4, 0.5) is 0 Å². The zero-order chi connectivity index (χ0) is 19.5. The highest BCUT2D eigenvalue weighted by atomic mass is 29.8. The quantitative estimate of drug-likeness (QED) is 0.403. The second-order valence-corrected chi connectivity index (χ2v) is 35.5. The van der Waals surface area contributed by atoms with Crippen molar-refractivity contribution in [2.24, 2.45) is 0 Å². The van der Waals surface area contributed by atoms with Gasteiger partial charge in [0.05, 0.1) is 0 Å². The average molecular weight is 427 g/mol. The molecule has 4 aromatic rings. The van der Waals surface area contributed by atoms with Crippen molar-refractivity contribution < 1.29 is 0 Å². The molecule has 0 atom stereocenters. The molecule has 0 saturated carbocycles. The number of rotatable bonds is 5. The minimum Gasteiger partial charge on any atom is -0.0632 e. The molecule has 0 heterocycles. The number of hydrogen-bond donors (Lipinski definition) is 0. The molecular formula is C24H26Si4. The van der Waals surface area contributed by atoms with Crippen molar-refractivity contribution in [1.29, 1.82) is 0 Å². The number of benzene rings is 4. The first-order valence-electron chi connectivity index (χ1n) is 9.89. The van der Waals surface area contributed by atoms with Gasteiger partial charge in [0.2, 0.25) is 0 Å². The third-order valence-corrected chi connectivity index (χ3v) is 57.7. The molecule has 0 spiro atoms. The van der Waals surface area contributed by atoms with E-state index in [9.17, 15) is 0 Å². The van der Waals surface area contributed by atoms with Crippen LogP contribution in [0.25, 0.3) is 0 Å². The molecule has 0 fully saturated rings. The summed E-state index contributed by atoms with van der Waals surface area (Å²) in [4.78, 5) is 0. The van der Waals surface area contributed by atoms with Gasteiger partial charge in [0, 0.05) is 19.5 Å². The fourth-order valence-electron chi connectivity index (χ4n) is 4.57. The number of hydrogen-bond acceptors (Lipinski definition) is 0. The Labute approximate surface area is 175 Å². The van der Waals surface area contributed by atoms with Crippen LogP contribution in [0.2, 0.25) is 0 Å². The van der Waals surface area contributed by atoms with E-state index >= 15 is 0 Å². The molecule has 0 aliphatic carbocycles. The van der Waals surface area contributed by atoms with E-state index in [4.69, 9.17) is 0 Å². The highest BCUT2D eigenvalue weighted by molar-refractivity contribution is 7.82. The van der Waals surface area contributed by atoms with Crippen LogP contribution in [-0.2, 0) is 0 Å². The Balaban J connectivity index is 2.09. The molecule has 4 rings (SSSR count). The normalized spacial score (nSPS) is 12.1. The first-order valence-corrected chi connectivity index (χ1v) is 21.9. The summed E-state index contributed by atoms with van der Waals surface area (Å²) in [5.41, 5.74) is 0. The van der Waals surface area contributed by atoms with Crippen LogP contribution in [0.15, 0.2) is 121 Å². The lowest BCUT2D eigenvalue weighted by molar-refractivity contribution is 1.71. The summed E-state index contributed by atoms with van der Waals surface area (Å²) in [7, 11) is -1.38. The van der Waals surface area contributed by atoms with Gasteiger partial charge in [-0.25, -0.2) is 0 Å². The molecule has 0 N–H and O–H groups in total. The van der Waals surface area contributed by atoms with Crippen LogP contribution in [0.5, 0.6) is 0 Å². The van der Waals surface area contributed by atoms with E-state index in [2.05, 4.69) is 121 Å². The summed E-state index contributed by atoms with van der Waals surface area (Å²) in [5, 5.41) is 6.45. The standard InChI is InChI=1S/C24H26Si4/c25-27(21-13-5-1-6-14-21,22-15-7-2-8-16-22)28(26,23-17-9-3-10-18-23)24-19-11-4-12-20-24/h1-20H,25-26H3. The third-order valence-electron chi connectivity index (χ3n) is 6.40. The molecule has 0 amide bonds. The van der Waals surface area contributed by atoms with Crippen LogP contribution < -0.4 is 20.7 Å². The third kappa shape index (κ3) is 3.12. The van der Waals surface area contributed by atoms with Gasteiger partial charge in [0.15, 0.2) is 0 Å². The van der Waals surface area contributed by atoms with Gasteiger partial charge in [-0.1, -0.05) is 142 Å². The van der Waals surface area contributed by atoms with Gasteiger partial charge in [-0.3, -0.25) is 0 Å². The summed E-state index contributed by atoms with van der Waals surface area (Å²) in [5.74, 6) is 0. The molecule has 0 saturated heterocycles. The predicted octanol–water partition coefficient (Wildman–Crippen LogP) is 0.315. The van der Waals surface area contributed by atoms with Crippen molar-refractivity contribution in [3.8, 4) is 0 Å². The minimum atomic E-state index is -1.90. The van der Waals surface area contributed by atoms with E-state index in [-0.39, 0.29) is 0 Å². The van der Waals surface area contributed by atoms with E-state index in [1.165, 1.54) is 19.5 Å². The van der Waals surface area contributed by atoms with Crippen LogP contribution in [0, 0.1) is 0 Å². The summed E-state index contributed by atoms with van der Waals surface area (Å²) in [6.45, 7) is 0. The Morgan fingerprint density at radius 2 is 0.500 bits per heavy atom. The zero-order valence-corrected chi connectivity index (χ0v) is 22.5. The molecule has 0 unspecified atom stereocenters. The van der Waals surface area contributed by atoms with Gasteiger partial charge >= 0.3 is 0 Å². The molecule has 4 aromatic carbocycles. The maximum atomic E-state index is 2.41. The molecule has 138 valence electrons. The summed E-state index contributed by atoms with van der Waals surface area (Å²) in [6, 6.07) is 45.9. The smallest absolute Gasteiger partial charge is 0.0632 e. The summed E-state index contributed by atoms with van der Waals surface area (Å²) in [6.07, 6.45) is 0. The highest BCUT2D eigenvalue weighted by Gasteiger charge is 2.52. The monoisotopic (exact) mass is 426 g/mol. The second-order valence-electron chi connectivity index (χ2n) is 7.71. The Morgan fingerprint density at radius 1 is 0.321 bits per heavy atom. The van der Waals surface area contributed by atoms with Crippen molar-refractivity contribution in [3.05, 3.63) is 121 Å².